The minimum Gasteiger partial charge on any atom is -0.482 e. The highest BCUT2D eigenvalue weighted by atomic mass is 32.2. The highest BCUT2D eigenvalue weighted by Crippen LogP contribution is 2.37. The summed E-state index contributed by atoms with van der Waals surface area (Å²) >= 11 is 1.56. The molecule has 32 heavy (non-hydrogen) atoms. The van der Waals surface area contributed by atoms with Gasteiger partial charge in [-0.15, -0.1) is 11.3 Å². The molecule has 0 aliphatic carbocycles. The van der Waals surface area contributed by atoms with Crippen molar-refractivity contribution in [2.45, 2.75) is 25.7 Å². The molecule has 1 N–H and O–H groups in total. The summed E-state index contributed by atoms with van der Waals surface area (Å²) < 4.78 is 32.6. The maximum Gasteiger partial charge on any atom is 0.265 e. The molecular formula is C22H21N3O5S2. The highest BCUT2D eigenvalue weighted by molar-refractivity contribution is 7.90. The van der Waals surface area contributed by atoms with E-state index < -0.39 is 28.4 Å². The molecule has 0 radical (unpaired) electrons. The van der Waals surface area contributed by atoms with Crippen LogP contribution in [0.5, 0.6) is 5.75 Å². The van der Waals surface area contributed by atoms with Gasteiger partial charge in [0.1, 0.15) is 12.3 Å². The predicted molar refractivity (Wildman–Crippen MR) is 121 cm³/mol. The number of rotatable bonds is 5. The Balaban J connectivity index is 1.60. The van der Waals surface area contributed by atoms with Crippen LogP contribution in [0.1, 0.15) is 15.4 Å². The van der Waals surface area contributed by atoms with Gasteiger partial charge in [0.25, 0.3) is 21.8 Å². The van der Waals surface area contributed by atoms with Crippen molar-refractivity contribution in [3.8, 4) is 17.0 Å². The molecule has 1 aromatic heterocycles. The predicted octanol–water partition coefficient (Wildman–Crippen LogP) is 2.97. The number of ether oxygens (including phenoxy) is 1. The second-order valence-corrected chi connectivity index (χ2v) is 10.5. The molecule has 2 aromatic carbocycles. The summed E-state index contributed by atoms with van der Waals surface area (Å²) in [5, 5.41) is 0.917. The quantitative estimate of drug-likeness (QED) is 0.613. The molecule has 2 amide bonds. The van der Waals surface area contributed by atoms with Crippen molar-refractivity contribution in [1.29, 1.82) is 0 Å². The zero-order chi connectivity index (χ0) is 23.0. The summed E-state index contributed by atoms with van der Waals surface area (Å²) in [4.78, 5) is 31.9. The summed E-state index contributed by atoms with van der Waals surface area (Å²) in [5.41, 5.74) is 2.86. The lowest BCUT2D eigenvalue weighted by Crippen LogP contribution is -2.46. The van der Waals surface area contributed by atoms with Gasteiger partial charge in [0.2, 0.25) is 0 Å². The SMILES string of the molecule is Cc1ccc(S(=O)(=O)NC(=O)CN2C(=O)COc3ccc(-c4nc(C)sc4C)cc32)cc1. The molecule has 10 heteroatoms. The molecule has 0 bridgehead atoms. The Morgan fingerprint density at radius 3 is 2.53 bits per heavy atom. The topological polar surface area (TPSA) is 106 Å². The van der Waals surface area contributed by atoms with E-state index in [4.69, 9.17) is 4.74 Å². The van der Waals surface area contributed by atoms with E-state index in [0.717, 1.165) is 26.7 Å². The third-order valence-electron chi connectivity index (χ3n) is 4.96. The first-order chi connectivity index (χ1) is 15.1. The van der Waals surface area contributed by atoms with Crippen molar-refractivity contribution < 1.29 is 22.7 Å². The van der Waals surface area contributed by atoms with Gasteiger partial charge in [0.15, 0.2) is 6.61 Å². The Hall–Kier alpha value is -3.24. The molecule has 1 aliphatic rings. The average Bonchev–Trinajstić information content (AvgIpc) is 3.07. The van der Waals surface area contributed by atoms with Gasteiger partial charge in [-0.3, -0.25) is 14.5 Å². The number of sulfonamides is 1. The van der Waals surface area contributed by atoms with Crippen molar-refractivity contribution in [1.82, 2.24) is 9.71 Å². The largest absolute Gasteiger partial charge is 0.482 e. The van der Waals surface area contributed by atoms with E-state index in [0.29, 0.717) is 11.4 Å². The minimum absolute atomic E-state index is 0.0261. The Morgan fingerprint density at radius 1 is 1.16 bits per heavy atom. The van der Waals surface area contributed by atoms with Crippen LogP contribution >= 0.6 is 11.3 Å². The fourth-order valence-electron chi connectivity index (χ4n) is 3.42. The van der Waals surface area contributed by atoms with E-state index >= 15 is 0 Å². The number of amides is 2. The van der Waals surface area contributed by atoms with Crippen LogP contribution < -0.4 is 14.4 Å². The van der Waals surface area contributed by atoms with E-state index in [1.807, 2.05) is 31.6 Å². The van der Waals surface area contributed by atoms with E-state index in [-0.39, 0.29) is 11.5 Å². The summed E-state index contributed by atoms with van der Waals surface area (Å²) in [6.45, 7) is 5.01. The molecule has 0 unspecified atom stereocenters. The summed E-state index contributed by atoms with van der Waals surface area (Å²) in [5.74, 6) is -0.825. The molecule has 0 saturated heterocycles. The van der Waals surface area contributed by atoms with Gasteiger partial charge < -0.3 is 4.74 Å². The number of thiazole rings is 1. The average molecular weight is 472 g/mol. The molecule has 0 fully saturated rings. The van der Waals surface area contributed by atoms with Gasteiger partial charge in [0, 0.05) is 10.4 Å². The lowest BCUT2D eigenvalue weighted by molar-refractivity contribution is -0.124. The van der Waals surface area contributed by atoms with Crippen molar-refractivity contribution >= 4 is 38.9 Å². The van der Waals surface area contributed by atoms with Gasteiger partial charge in [-0.2, -0.15) is 0 Å². The molecule has 3 aromatic rings. The first kappa shape index (κ1) is 22.0. The number of carbonyl (C=O) groups is 2. The zero-order valence-corrected chi connectivity index (χ0v) is 19.3. The number of aryl methyl sites for hydroxylation is 3. The normalized spacial score (nSPS) is 13.5. The highest BCUT2D eigenvalue weighted by Gasteiger charge is 2.29. The summed E-state index contributed by atoms with van der Waals surface area (Å²) in [7, 11) is -4.05. The van der Waals surface area contributed by atoms with Crippen LogP contribution in [0.15, 0.2) is 47.4 Å². The van der Waals surface area contributed by atoms with Crippen molar-refractivity contribution in [3.05, 3.63) is 57.9 Å². The van der Waals surface area contributed by atoms with Gasteiger partial charge in [-0.1, -0.05) is 17.7 Å². The Bertz CT molecular complexity index is 1310. The third kappa shape index (κ3) is 4.37. The van der Waals surface area contributed by atoms with Gasteiger partial charge in [-0.25, -0.2) is 18.1 Å². The number of aromatic nitrogens is 1. The maximum atomic E-state index is 12.6. The van der Waals surface area contributed by atoms with Crippen LogP contribution in [0.25, 0.3) is 11.3 Å². The second-order valence-electron chi connectivity index (χ2n) is 7.43. The lowest BCUT2D eigenvalue weighted by Gasteiger charge is -2.29. The number of nitrogens with zero attached hydrogens (tertiary/aromatic N) is 2. The fourth-order valence-corrected chi connectivity index (χ4v) is 5.24. The molecule has 0 atom stereocenters. The zero-order valence-electron chi connectivity index (χ0n) is 17.7. The van der Waals surface area contributed by atoms with Crippen LogP contribution in [-0.2, 0) is 19.6 Å². The Labute approximate surface area is 189 Å². The van der Waals surface area contributed by atoms with Crippen LogP contribution in [0.3, 0.4) is 0 Å². The maximum absolute atomic E-state index is 12.6. The van der Waals surface area contributed by atoms with Gasteiger partial charge in [-0.05, 0) is 51.1 Å². The molecular weight excluding hydrogens is 450 g/mol. The molecule has 166 valence electrons. The number of fused-ring (bicyclic) bond motifs is 1. The summed E-state index contributed by atoms with van der Waals surface area (Å²) in [6.07, 6.45) is 0. The number of benzene rings is 2. The number of anilines is 1. The number of hydrogen-bond acceptors (Lipinski definition) is 7. The van der Waals surface area contributed by atoms with Gasteiger partial charge in [0.05, 0.1) is 21.3 Å². The Kier molecular flexibility index (Phi) is 5.74. The number of carbonyl (C=O) groups excluding carboxylic acids is 2. The second kappa shape index (κ2) is 8.36. The molecule has 0 saturated carbocycles. The van der Waals surface area contributed by atoms with Crippen molar-refractivity contribution in [2.75, 3.05) is 18.1 Å². The first-order valence-corrected chi connectivity index (χ1v) is 12.1. The van der Waals surface area contributed by atoms with Crippen LogP contribution in [-0.4, -0.2) is 38.4 Å². The molecule has 8 nitrogen and oxygen atoms in total. The number of hydrogen-bond donors (Lipinski definition) is 1. The van der Waals surface area contributed by atoms with Crippen molar-refractivity contribution in [3.63, 3.8) is 0 Å². The minimum atomic E-state index is -4.05. The van der Waals surface area contributed by atoms with E-state index in [9.17, 15) is 18.0 Å². The van der Waals surface area contributed by atoms with E-state index in [1.165, 1.54) is 17.0 Å². The third-order valence-corrected chi connectivity index (χ3v) is 7.24. The van der Waals surface area contributed by atoms with Crippen LogP contribution in [0.2, 0.25) is 0 Å². The first-order valence-electron chi connectivity index (χ1n) is 9.78. The standard InChI is InChI=1S/C22H21N3O5S2/c1-13-4-7-17(8-5-13)32(28,29)24-20(26)11-25-18-10-16(22-14(2)31-15(3)23-22)6-9-19(18)30-12-21(25)27/h4-10H,11-12H2,1-3H3,(H,24,26). The van der Waals surface area contributed by atoms with Crippen LogP contribution in [0, 0.1) is 20.8 Å². The number of nitrogens with one attached hydrogen (secondary N) is 1. The molecule has 1 aliphatic heterocycles. The molecule has 4 rings (SSSR count). The van der Waals surface area contributed by atoms with E-state index in [2.05, 4.69) is 4.98 Å². The molecule has 0 spiro atoms. The summed E-state index contributed by atoms with van der Waals surface area (Å²) in [6, 6.07) is 11.4. The van der Waals surface area contributed by atoms with Crippen molar-refractivity contribution in [2.24, 2.45) is 0 Å². The smallest absolute Gasteiger partial charge is 0.265 e. The monoisotopic (exact) mass is 471 g/mol. The fraction of sp³-hybridized carbons (Fsp3) is 0.227. The molecule has 2 heterocycles. The van der Waals surface area contributed by atoms with Gasteiger partial charge >= 0.3 is 0 Å². The van der Waals surface area contributed by atoms with E-state index in [1.54, 1.807) is 35.6 Å². The Morgan fingerprint density at radius 2 is 1.88 bits per heavy atom. The lowest BCUT2D eigenvalue weighted by atomic mass is 10.1. The van der Waals surface area contributed by atoms with Crippen LogP contribution in [0.4, 0.5) is 5.69 Å².